The first-order valence-corrected chi connectivity index (χ1v) is 10.2. The van der Waals surface area contributed by atoms with Crippen molar-refractivity contribution >= 4 is 11.8 Å². The Balaban J connectivity index is 1.61. The first-order valence-electron chi connectivity index (χ1n) is 10.2. The molecule has 7 nitrogen and oxygen atoms in total. The molecule has 0 unspecified atom stereocenters. The van der Waals surface area contributed by atoms with Gasteiger partial charge in [0.1, 0.15) is 5.75 Å². The van der Waals surface area contributed by atoms with Gasteiger partial charge in [-0.2, -0.15) is 0 Å². The highest BCUT2D eigenvalue weighted by atomic mass is 16.5. The highest BCUT2D eigenvalue weighted by Gasteiger charge is 2.36. The zero-order valence-corrected chi connectivity index (χ0v) is 16.9. The molecule has 1 aromatic rings. The van der Waals surface area contributed by atoms with Gasteiger partial charge >= 0.3 is 0 Å². The Morgan fingerprint density at radius 1 is 1.14 bits per heavy atom. The van der Waals surface area contributed by atoms with E-state index in [-0.39, 0.29) is 17.9 Å². The fourth-order valence-corrected chi connectivity index (χ4v) is 4.03. The summed E-state index contributed by atoms with van der Waals surface area (Å²) in [5.74, 6) is 0.833. The fraction of sp³-hybridized carbons (Fsp3) is 0.619. The van der Waals surface area contributed by atoms with Crippen LogP contribution in [0.5, 0.6) is 5.75 Å². The number of benzene rings is 1. The van der Waals surface area contributed by atoms with Crippen LogP contribution in [-0.4, -0.2) is 92.1 Å². The highest BCUT2D eigenvalue weighted by molar-refractivity contribution is 5.97. The molecule has 0 bridgehead atoms. The molecule has 3 rings (SSSR count). The molecule has 1 aromatic carbocycles. The smallest absolute Gasteiger partial charge is 0.257 e. The highest BCUT2D eigenvalue weighted by Crippen LogP contribution is 2.22. The van der Waals surface area contributed by atoms with Gasteiger partial charge in [0.2, 0.25) is 5.91 Å². The molecule has 0 spiro atoms. The van der Waals surface area contributed by atoms with E-state index in [1.165, 1.54) is 0 Å². The maximum atomic E-state index is 13.0. The quantitative estimate of drug-likeness (QED) is 0.707. The monoisotopic (exact) mass is 389 g/mol. The molecule has 2 heterocycles. The largest absolute Gasteiger partial charge is 0.493 e. The van der Waals surface area contributed by atoms with Crippen molar-refractivity contribution in [3.63, 3.8) is 0 Å². The van der Waals surface area contributed by atoms with E-state index >= 15 is 0 Å². The van der Waals surface area contributed by atoms with Crippen LogP contribution in [0.4, 0.5) is 0 Å². The van der Waals surface area contributed by atoms with Crippen LogP contribution in [0.25, 0.3) is 0 Å². The summed E-state index contributed by atoms with van der Waals surface area (Å²) in [6, 6.07) is 7.35. The van der Waals surface area contributed by atoms with Gasteiger partial charge in [0, 0.05) is 46.4 Å². The number of methoxy groups -OCH3 is 1. The Labute approximate surface area is 167 Å². The molecule has 0 saturated carbocycles. The average molecular weight is 389 g/mol. The van der Waals surface area contributed by atoms with Crippen molar-refractivity contribution in [2.45, 2.75) is 25.8 Å². The topological polar surface area (TPSA) is 62.3 Å². The number of rotatable bonds is 7. The predicted octanol–water partition coefficient (Wildman–Crippen LogP) is 1.48. The number of ether oxygens (including phenoxy) is 2. The van der Waals surface area contributed by atoms with Gasteiger partial charge in [-0.05, 0) is 31.9 Å². The predicted molar refractivity (Wildman–Crippen MR) is 107 cm³/mol. The summed E-state index contributed by atoms with van der Waals surface area (Å²) in [6.07, 6.45) is 1.72. The first kappa shape index (κ1) is 20.6. The molecule has 1 atom stereocenters. The van der Waals surface area contributed by atoms with E-state index < -0.39 is 0 Å². The van der Waals surface area contributed by atoms with Crippen LogP contribution in [0, 0.1) is 0 Å². The van der Waals surface area contributed by atoms with Crippen molar-refractivity contribution in [2.75, 3.05) is 59.6 Å². The number of hydrogen-bond donors (Lipinski definition) is 0. The lowest BCUT2D eigenvalue weighted by Gasteiger charge is -2.27. The van der Waals surface area contributed by atoms with Crippen LogP contribution >= 0.6 is 0 Å². The molecule has 2 aliphatic heterocycles. The Hall–Kier alpha value is -2.12. The molecule has 154 valence electrons. The lowest BCUT2D eigenvalue weighted by Crippen LogP contribution is -2.44. The maximum Gasteiger partial charge on any atom is 0.257 e. The van der Waals surface area contributed by atoms with E-state index in [0.29, 0.717) is 44.2 Å². The van der Waals surface area contributed by atoms with E-state index in [1.54, 1.807) is 7.11 Å². The normalized spacial score (nSPS) is 21.1. The molecular formula is C21H31N3O4. The van der Waals surface area contributed by atoms with Crippen molar-refractivity contribution in [3.8, 4) is 5.75 Å². The van der Waals surface area contributed by atoms with Gasteiger partial charge in [-0.1, -0.05) is 12.1 Å². The minimum atomic E-state index is -0.0670. The lowest BCUT2D eigenvalue weighted by atomic mass is 10.1. The third-order valence-electron chi connectivity index (χ3n) is 5.51. The molecule has 0 N–H and O–H groups in total. The molecule has 2 saturated heterocycles. The summed E-state index contributed by atoms with van der Waals surface area (Å²) in [5, 5.41) is 0. The van der Waals surface area contributed by atoms with Crippen molar-refractivity contribution in [3.05, 3.63) is 29.8 Å². The van der Waals surface area contributed by atoms with E-state index in [2.05, 4.69) is 4.90 Å². The molecule has 0 aromatic heterocycles. The van der Waals surface area contributed by atoms with Gasteiger partial charge in [0.05, 0.1) is 24.8 Å². The molecule has 2 amide bonds. The number of likely N-dealkylation sites (tertiary alicyclic amines) is 1. The van der Waals surface area contributed by atoms with Gasteiger partial charge < -0.3 is 19.3 Å². The second-order valence-electron chi connectivity index (χ2n) is 7.23. The summed E-state index contributed by atoms with van der Waals surface area (Å²) >= 11 is 0. The molecule has 2 aliphatic rings. The van der Waals surface area contributed by atoms with E-state index in [9.17, 15) is 9.59 Å². The number of carbonyl (C=O) groups is 2. The number of amides is 2. The molecule has 28 heavy (non-hydrogen) atoms. The second-order valence-corrected chi connectivity index (χ2v) is 7.23. The molecule has 7 heteroatoms. The van der Waals surface area contributed by atoms with Gasteiger partial charge in [-0.25, -0.2) is 0 Å². The molecule has 0 aliphatic carbocycles. The molecular weight excluding hydrogens is 358 g/mol. The van der Waals surface area contributed by atoms with Crippen LogP contribution in [-0.2, 0) is 9.53 Å². The van der Waals surface area contributed by atoms with Gasteiger partial charge in [-0.3, -0.25) is 14.5 Å². The number of hydrogen-bond acceptors (Lipinski definition) is 5. The zero-order valence-electron chi connectivity index (χ0n) is 16.9. The van der Waals surface area contributed by atoms with Crippen molar-refractivity contribution < 1.29 is 19.1 Å². The maximum absolute atomic E-state index is 13.0. The number of para-hydroxylation sites is 1. The van der Waals surface area contributed by atoms with Crippen LogP contribution in [0.15, 0.2) is 24.3 Å². The number of carbonyl (C=O) groups excluding carboxylic acids is 2. The third-order valence-corrected chi connectivity index (χ3v) is 5.51. The zero-order chi connectivity index (χ0) is 19.9. The Morgan fingerprint density at radius 3 is 2.75 bits per heavy atom. The summed E-state index contributed by atoms with van der Waals surface area (Å²) in [7, 11) is 1.65. The third kappa shape index (κ3) is 4.64. The van der Waals surface area contributed by atoms with Gasteiger partial charge in [0.25, 0.3) is 5.91 Å². The van der Waals surface area contributed by atoms with Gasteiger partial charge in [-0.15, -0.1) is 0 Å². The van der Waals surface area contributed by atoms with Crippen LogP contribution in [0.3, 0.4) is 0 Å². The van der Waals surface area contributed by atoms with E-state index in [0.717, 1.165) is 32.5 Å². The van der Waals surface area contributed by atoms with Crippen LogP contribution in [0.1, 0.15) is 30.1 Å². The number of nitrogens with zero attached hydrogens (tertiary/aromatic N) is 3. The lowest BCUT2D eigenvalue weighted by molar-refractivity contribution is -0.132. The first-order chi connectivity index (χ1) is 13.7. The minimum Gasteiger partial charge on any atom is -0.493 e. The van der Waals surface area contributed by atoms with E-state index in [1.807, 2.05) is 41.0 Å². The summed E-state index contributed by atoms with van der Waals surface area (Å²) in [4.78, 5) is 31.8. The van der Waals surface area contributed by atoms with Crippen molar-refractivity contribution in [2.24, 2.45) is 0 Å². The standard InChI is InChI=1S/C21H31N3O4/c1-3-28-19-8-5-4-7-17(19)20(25)23-11-6-10-22(13-14-23)18-9-12-24(21(18)26)15-16-27-2/h4-5,7-8,18H,3,6,9-16H2,1-2H3/t18-/m1/s1. The Kier molecular flexibility index (Phi) is 7.28. The SMILES string of the molecule is CCOc1ccccc1C(=O)N1CCCN([C@@H]2CCN(CCOC)C2=O)CC1. The Bertz CT molecular complexity index is 681. The minimum absolute atomic E-state index is 0.00497. The summed E-state index contributed by atoms with van der Waals surface area (Å²) in [5.41, 5.74) is 0.612. The Morgan fingerprint density at radius 2 is 1.96 bits per heavy atom. The second kappa shape index (κ2) is 9.89. The summed E-state index contributed by atoms with van der Waals surface area (Å²) < 4.78 is 10.7. The molecule has 0 radical (unpaired) electrons. The fourth-order valence-electron chi connectivity index (χ4n) is 4.03. The van der Waals surface area contributed by atoms with Crippen LogP contribution < -0.4 is 4.74 Å². The van der Waals surface area contributed by atoms with Crippen molar-refractivity contribution in [1.82, 2.24) is 14.7 Å². The van der Waals surface area contributed by atoms with Crippen molar-refractivity contribution in [1.29, 1.82) is 0 Å². The van der Waals surface area contributed by atoms with Crippen LogP contribution in [0.2, 0.25) is 0 Å². The molecule has 2 fully saturated rings. The van der Waals surface area contributed by atoms with Gasteiger partial charge in [0.15, 0.2) is 0 Å². The van der Waals surface area contributed by atoms with E-state index in [4.69, 9.17) is 9.47 Å². The average Bonchev–Trinajstić information content (AvgIpc) is 2.92. The summed E-state index contributed by atoms with van der Waals surface area (Å²) in [6.45, 7) is 7.33.